The van der Waals surface area contributed by atoms with Gasteiger partial charge in [-0.15, -0.1) is 13.2 Å². The summed E-state index contributed by atoms with van der Waals surface area (Å²) in [5, 5.41) is 4.33. The summed E-state index contributed by atoms with van der Waals surface area (Å²) in [4.78, 5) is 7.96. The van der Waals surface area contributed by atoms with E-state index in [0.29, 0.717) is 17.1 Å². The molecule has 0 unspecified atom stereocenters. The van der Waals surface area contributed by atoms with Crippen molar-refractivity contribution in [3.8, 4) is 23.3 Å². The summed E-state index contributed by atoms with van der Waals surface area (Å²) in [7, 11) is 0. The highest BCUT2D eigenvalue weighted by Crippen LogP contribution is 2.24. The van der Waals surface area contributed by atoms with Crippen LogP contribution in [0.5, 0.6) is 5.75 Å². The van der Waals surface area contributed by atoms with Gasteiger partial charge in [0.25, 0.3) is 0 Å². The van der Waals surface area contributed by atoms with Crippen molar-refractivity contribution < 1.29 is 17.9 Å². The van der Waals surface area contributed by atoms with Gasteiger partial charge in [-0.25, -0.2) is 9.67 Å². The molecule has 2 heterocycles. The largest absolute Gasteiger partial charge is 0.573 e. The smallest absolute Gasteiger partial charge is 0.406 e. The van der Waals surface area contributed by atoms with E-state index in [1.165, 1.54) is 30.5 Å². The van der Waals surface area contributed by atoms with Crippen LogP contribution in [0.3, 0.4) is 0 Å². The van der Waals surface area contributed by atoms with Gasteiger partial charge in [-0.2, -0.15) is 5.10 Å². The molecule has 5 nitrogen and oxygen atoms in total. The van der Waals surface area contributed by atoms with E-state index in [1.54, 1.807) is 23.1 Å². The summed E-state index contributed by atoms with van der Waals surface area (Å²) >= 11 is 0. The van der Waals surface area contributed by atoms with Crippen molar-refractivity contribution in [3.05, 3.63) is 66.0 Å². The van der Waals surface area contributed by atoms with Gasteiger partial charge in [0, 0.05) is 18.1 Å². The minimum atomic E-state index is -4.72. The lowest BCUT2D eigenvalue weighted by Gasteiger charge is -2.09. The first-order valence-corrected chi connectivity index (χ1v) is 7.11. The Labute approximate surface area is 141 Å². The lowest BCUT2D eigenvalue weighted by molar-refractivity contribution is -0.274. The van der Waals surface area contributed by atoms with Crippen LogP contribution < -0.4 is 4.74 Å². The molecule has 2 aromatic heterocycles. The summed E-state index contributed by atoms with van der Waals surface area (Å²) in [6.45, 7) is 1.82. The molecule has 0 fully saturated rings. The molecule has 0 saturated carbocycles. The minimum absolute atomic E-state index is 0.288. The average Bonchev–Trinajstić information content (AvgIpc) is 2.94. The van der Waals surface area contributed by atoms with Gasteiger partial charge in [0.1, 0.15) is 17.1 Å². The number of hydrogen-bond donors (Lipinski definition) is 0. The van der Waals surface area contributed by atoms with Gasteiger partial charge in [-0.05, 0) is 49.1 Å². The van der Waals surface area contributed by atoms with Gasteiger partial charge < -0.3 is 4.74 Å². The third-order valence-corrected chi connectivity index (χ3v) is 3.08. The van der Waals surface area contributed by atoms with E-state index in [9.17, 15) is 13.2 Å². The molecule has 0 saturated heterocycles. The molecular weight excluding hydrogens is 333 g/mol. The molecule has 0 bridgehead atoms. The fraction of sp³-hybridized carbons (Fsp3) is 0.118. The second-order valence-electron chi connectivity index (χ2n) is 4.97. The average molecular weight is 344 g/mol. The molecule has 0 atom stereocenters. The quantitative estimate of drug-likeness (QED) is 0.670. The number of aromatic nitrogens is 4. The van der Waals surface area contributed by atoms with Gasteiger partial charge in [0.2, 0.25) is 0 Å². The van der Waals surface area contributed by atoms with Gasteiger partial charge in [0.05, 0.1) is 11.9 Å². The zero-order valence-electron chi connectivity index (χ0n) is 12.9. The Morgan fingerprint density at radius 1 is 1.04 bits per heavy atom. The van der Waals surface area contributed by atoms with E-state index in [-0.39, 0.29) is 5.75 Å². The Kier molecular flexibility index (Phi) is 4.39. The molecule has 3 rings (SSSR count). The monoisotopic (exact) mass is 344 g/mol. The molecule has 0 amide bonds. The zero-order chi connectivity index (χ0) is 17.9. The first kappa shape index (κ1) is 16.5. The standard InChI is InChI=1S/C17H11F3N4O/c1-12-10-13(2-3-14-11-21-8-9-22-14)23-24(12)15-4-6-16(7-5-15)25-17(18,19)20/h4-11H,1H3. The molecule has 8 heteroatoms. The summed E-state index contributed by atoms with van der Waals surface area (Å²) in [5.41, 5.74) is 2.41. The molecule has 0 aliphatic heterocycles. The normalized spacial score (nSPS) is 10.9. The maximum Gasteiger partial charge on any atom is 0.573 e. The minimum Gasteiger partial charge on any atom is -0.406 e. The van der Waals surface area contributed by atoms with Crippen molar-refractivity contribution in [2.75, 3.05) is 0 Å². The van der Waals surface area contributed by atoms with Crippen LogP contribution in [0.4, 0.5) is 13.2 Å². The Balaban J connectivity index is 1.82. The van der Waals surface area contributed by atoms with Crippen molar-refractivity contribution in [1.29, 1.82) is 0 Å². The summed E-state index contributed by atoms with van der Waals surface area (Å²) in [5.74, 6) is 5.43. The van der Waals surface area contributed by atoms with E-state index in [1.807, 2.05) is 6.92 Å². The summed E-state index contributed by atoms with van der Waals surface area (Å²) in [6.07, 6.45) is -0.0862. The van der Waals surface area contributed by atoms with Crippen LogP contribution in [-0.4, -0.2) is 26.1 Å². The SMILES string of the molecule is Cc1cc(C#Cc2cnccn2)nn1-c1ccc(OC(F)(F)F)cc1. The number of halogens is 3. The number of hydrogen-bond acceptors (Lipinski definition) is 4. The Bertz CT molecular complexity index is 923. The summed E-state index contributed by atoms with van der Waals surface area (Å²) in [6, 6.07) is 7.20. The fourth-order valence-corrected chi connectivity index (χ4v) is 2.08. The first-order chi connectivity index (χ1) is 11.9. The number of rotatable bonds is 2. The lowest BCUT2D eigenvalue weighted by Crippen LogP contribution is -2.17. The highest BCUT2D eigenvalue weighted by molar-refractivity contribution is 5.41. The molecule has 25 heavy (non-hydrogen) atoms. The highest BCUT2D eigenvalue weighted by Gasteiger charge is 2.30. The van der Waals surface area contributed by atoms with E-state index in [0.717, 1.165) is 5.69 Å². The van der Waals surface area contributed by atoms with Gasteiger partial charge in [-0.3, -0.25) is 4.98 Å². The number of aryl methyl sites for hydroxylation is 1. The molecule has 0 radical (unpaired) electrons. The van der Waals surface area contributed by atoms with E-state index < -0.39 is 6.36 Å². The summed E-state index contributed by atoms with van der Waals surface area (Å²) < 4.78 is 42.0. The molecule has 0 spiro atoms. The Hall–Kier alpha value is -3.34. The second kappa shape index (κ2) is 6.65. The van der Waals surface area contributed by atoms with Gasteiger partial charge in [-0.1, -0.05) is 0 Å². The second-order valence-corrected chi connectivity index (χ2v) is 4.97. The van der Waals surface area contributed by atoms with E-state index in [4.69, 9.17) is 0 Å². The van der Waals surface area contributed by atoms with Crippen LogP contribution >= 0.6 is 0 Å². The Morgan fingerprint density at radius 2 is 1.76 bits per heavy atom. The number of alkyl halides is 3. The van der Waals surface area contributed by atoms with Crippen LogP contribution in [0.2, 0.25) is 0 Å². The van der Waals surface area contributed by atoms with Crippen molar-refractivity contribution in [1.82, 2.24) is 19.7 Å². The number of nitrogens with zero attached hydrogens (tertiary/aromatic N) is 4. The molecular formula is C17H11F3N4O. The van der Waals surface area contributed by atoms with Crippen LogP contribution in [0.15, 0.2) is 48.9 Å². The van der Waals surface area contributed by atoms with Crippen LogP contribution in [0.1, 0.15) is 17.1 Å². The third-order valence-electron chi connectivity index (χ3n) is 3.08. The molecule has 0 aliphatic carbocycles. The fourth-order valence-electron chi connectivity index (χ4n) is 2.08. The van der Waals surface area contributed by atoms with E-state index >= 15 is 0 Å². The van der Waals surface area contributed by atoms with Crippen LogP contribution in [0, 0.1) is 18.8 Å². The topological polar surface area (TPSA) is 52.8 Å². The molecule has 0 N–H and O–H groups in total. The van der Waals surface area contributed by atoms with Crippen molar-refractivity contribution in [2.24, 2.45) is 0 Å². The third kappa shape index (κ3) is 4.35. The molecule has 0 aliphatic rings. The number of ether oxygens (including phenoxy) is 1. The van der Waals surface area contributed by atoms with Crippen molar-refractivity contribution in [3.63, 3.8) is 0 Å². The Morgan fingerprint density at radius 3 is 2.40 bits per heavy atom. The maximum absolute atomic E-state index is 12.2. The molecule has 3 aromatic rings. The van der Waals surface area contributed by atoms with Gasteiger partial charge >= 0.3 is 6.36 Å². The van der Waals surface area contributed by atoms with Crippen molar-refractivity contribution in [2.45, 2.75) is 13.3 Å². The predicted molar refractivity (Wildman–Crippen MR) is 83.0 cm³/mol. The van der Waals surface area contributed by atoms with Crippen LogP contribution in [0.25, 0.3) is 5.69 Å². The van der Waals surface area contributed by atoms with Crippen molar-refractivity contribution >= 4 is 0 Å². The van der Waals surface area contributed by atoms with Crippen LogP contribution in [-0.2, 0) is 0 Å². The predicted octanol–water partition coefficient (Wildman–Crippen LogP) is 3.27. The lowest BCUT2D eigenvalue weighted by atomic mass is 10.3. The molecule has 126 valence electrons. The number of benzene rings is 1. The first-order valence-electron chi connectivity index (χ1n) is 7.11. The zero-order valence-corrected chi connectivity index (χ0v) is 12.9. The van der Waals surface area contributed by atoms with E-state index in [2.05, 4.69) is 31.6 Å². The highest BCUT2D eigenvalue weighted by atomic mass is 19.4. The maximum atomic E-state index is 12.2. The van der Waals surface area contributed by atoms with Gasteiger partial charge in [0.15, 0.2) is 0 Å². The molecule has 1 aromatic carbocycles.